The van der Waals surface area contributed by atoms with E-state index >= 15 is 0 Å². The quantitative estimate of drug-likeness (QED) is 0.586. The van der Waals surface area contributed by atoms with E-state index in [2.05, 4.69) is 6.92 Å². The van der Waals surface area contributed by atoms with Crippen LogP contribution in [0.4, 0.5) is 0 Å². The molecule has 0 aliphatic rings. The highest BCUT2D eigenvalue weighted by atomic mass is 16.5. The smallest absolute Gasteiger partial charge is 0.225 e. The standard InChI is InChI=1S/C13H27NO2/c1-4-5-6-7-8-9-10-16-11-13(2,3)12(14)15/h4-11H2,1-3H3,(H2,14,15). The lowest BCUT2D eigenvalue weighted by molar-refractivity contribution is -0.129. The Hall–Kier alpha value is -0.570. The van der Waals surface area contributed by atoms with E-state index < -0.39 is 5.41 Å². The summed E-state index contributed by atoms with van der Waals surface area (Å²) in [6, 6.07) is 0. The predicted octanol–water partition coefficient (Wildman–Crippen LogP) is 2.88. The predicted molar refractivity (Wildman–Crippen MR) is 67.2 cm³/mol. The highest BCUT2D eigenvalue weighted by Crippen LogP contribution is 2.14. The van der Waals surface area contributed by atoms with E-state index in [-0.39, 0.29) is 5.91 Å². The molecule has 0 aliphatic carbocycles. The largest absolute Gasteiger partial charge is 0.380 e. The van der Waals surface area contributed by atoms with Crippen LogP contribution in [0, 0.1) is 5.41 Å². The lowest BCUT2D eigenvalue weighted by Crippen LogP contribution is -2.35. The number of hydrogen-bond acceptors (Lipinski definition) is 2. The topological polar surface area (TPSA) is 52.3 Å². The number of hydrogen-bond donors (Lipinski definition) is 1. The average molecular weight is 229 g/mol. The van der Waals surface area contributed by atoms with Gasteiger partial charge in [0.15, 0.2) is 0 Å². The molecule has 3 nitrogen and oxygen atoms in total. The Morgan fingerprint density at radius 2 is 1.69 bits per heavy atom. The Morgan fingerprint density at radius 1 is 1.12 bits per heavy atom. The second-order valence-electron chi connectivity index (χ2n) is 5.07. The fourth-order valence-corrected chi connectivity index (χ4v) is 1.38. The lowest BCUT2D eigenvalue weighted by Gasteiger charge is -2.19. The monoisotopic (exact) mass is 229 g/mol. The van der Waals surface area contributed by atoms with Crippen molar-refractivity contribution in [3.8, 4) is 0 Å². The molecule has 3 heteroatoms. The summed E-state index contributed by atoms with van der Waals surface area (Å²) in [7, 11) is 0. The Bertz CT molecular complexity index is 190. The molecule has 0 fully saturated rings. The number of carbonyl (C=O) groups excluding carboxylic acids is 1. The van der Waals surface area contributed by atoms with E-state index in [1.807, 2.05) is 13.8 Å². The van der Waals surface area contributed by atoms with Crippen molar-refractivity contribution in [2.45, 2.75) is 59.3 Å². The molecule has 0 aliphatic heterocycles. The van der Waals surface area contributed by atoms with Crippen LogP contribution in [0.25, 0.3) is 0 Å². The van der Waals surface area contributed by atoms with Gasteiger partial charge in [0.2, 0.25) is 5.91 Å². The van der Waals surface area contributed by atoms with Crippen LogP contribution in [-0.2, 0) is 9.53 Å². The zero-order valence-electron chi connectivity index (χ0n) is 11.1. The molecule has 0 atom stereocenters. The first-order valence-electron chi connectivity index (χ1n) is 6.38. The van der Waals surface area contributed by atoms with Gasteiger partial charge in [-0.25, -0.2) is 0 Å². The highest BCUT2D eigenvalue weighted by Gasteiger charge is 2.24. The average Bonchev–Trinajstić information content (AvgIpc) is 2.21. The van der Waals surface area contributed by atoms with Crippen LogP contribution < -0.4 is 5.73 Å². The number of primary amides is 1. The highest BCUT2D eigenvalue weighted by molar-refractivity contribution is 5.80. The van der Waals surface area contributed by atoms with E-state index in [9.17, 15) is 4.79 Å². The number of carbonyl (C=O) groups is 1. The molecule has 2 N–H and O–H groups in total. The summed E-state index contributed by atoms with van der Waals surface area (Å²) in [5.41, 5.74) is 4.71. The molecule has 0 radical (unpaired) electrons. The molecule has 0 aromatic heterocycles. The minimum absolute atomic E-state index is 0.296. The van der Waals surface area contributed by atoms with Crippen molar-refractivity contribution in [1.29, 1.82) is 0 Å². The van der Waals surface area contributed by atoms with Crippen LogP contribution in [0.5, 0.6) is 0 Å². The maximum absolute atomic E-state index is 11.0. The van der Waals surface area contributed by atoms with Crippen LogP contribution in [-0.4, -0.2) is 19.1 Å². The normalized spacial score (nSPS) is 11.7. The molecule has 0 bridgehead atoms. The van der Waals surface area contributed by atoms with E-state index in [1.54, 1.807) is 0 Å². The van der Waals surface area contributed by atoms with E-state index in [0.717, 1.165) is 13.0 Å². The second kappa shape index (κ2) is 8.57. The molecular formula is C13H27NO2. The maximum Gasteiger partial charge on any atom is 0.225 e. The van der Waals surface area contributed by atoms with Crippen molar-refractivity contribution in [1.82, 2.24) is 0 Å². The van der Waals surface area contributed by atoms with Gasteiger partial charge in [-0.3, -0.25) is 4.79 Å². The summed E-state index contributed by atoms with van der Waals surface area (Å²) in [6.07, 6.45) is 7.52. The molecule has 0 saturated carbocycles. The third kappa shape index (κ3) is 7.69. The summed E-state index contributed by atoms with van der Waals surface area (Å²) in [4.78, 5) is 11.0. The van der Waals surface area contributed by atoms with Crippen molar-refractivity contribution < 1.29 is 9.53 Å². The third-order valence-corrected chi connectivity index (χ3v) is 2.77. The fourth-order valence-electron chi connectivity index (χ4n) is 1.38. The molecule has 0 aromatic rings. The Kier molecular flexibility index (Phi) is 8.26. The van der Waals surface area contributed by atoms with E-state index in [4.69, 9.17) is 10.5 Å². The summed E-state index contributed by atoms with van der Waals surface area (Å²) >= 11 is 0. The van der Waals surface area contributed by atoms with Gasteiger partial charge in [-0.15, -0.1) is 0 Å². The Balaban J connectivity index is 3.30. The second-order valence-corrected chi connectivity index (χ2v) is 5.07. The van der Waals surface area contributed by atoms with Gasteiger partial charge in [-0.05, 0) is 20.3 Å². The molecule has 1 amide bonds. The van der Waals surface area contributed by atoms with E-state index in [0.29, 0.717) is 6.61 Å². The maximum atomic E-state index is 11.0. The molecule has 0 rings (SSSR count). The number of amides is 1. The van der Waals surface area contributed by atoms with Crippen molar-refractivity contribution in [3.05, 3.63) is 0 Å². The van der Waals surface area contributed by atoms with Gasteiger partial charge in [0.25, 0.3) is 0 Å². The Morgan fingerprint density at radius 3 is 2.25 bits per heavy atom. The zero-order valence-corrected chi connectivity index (χ0v) is 11.1. The van der Waals surface area contributed by atoms with Crippen molar-refractivity contribution in [3.63, 3.8) is 0 Å². The molecule has 0 aromatic carbocycles. The van der Waals surface area contributed by atoms with Gasteiger partial charge in [-0.2, -0.15) is 0 Å². The minimum Gasteiger partial charge on any atom is -0.380 e. The van der Waals surface area contributed by atoms with Crippen LogP contribution >= 0.6 is 0 Å². The Labute approximate surface area is 99.7 Å². The van der Waals surface area contributed by atoms with Gasteiger partial charge in [0.1, 0.15) is 0 Å². The fraction of sp³-hybridized carbons (Fsp3) is 0.923. The first-order valence-corrected chi connectivity index (χ1v) is 6.38. The van der Waals surface area contributed by atoms with Crippen LogP contribution in [0.3, 0.4) is 0 Å². The van der Waals surface area contributed by atoms with Crippen molar-refractivity contribution >= 4 is 5.91 Å². The van der Waals surface area contributed by atoms with Gasteiger partial charge in [0, 0.05) is 6.61 Å². The van der Waals surface area contributed by atoms with Crippen molar-refractivity contribution in [2.24, 2.45) is 11.1 Å². The first-order chi connectivity index (χ1) is 7.50. The van der Waals surface area contributed by atoms with Gasteiger partial charge in [0.05, 0.1) is 12.0 Å². The number of unbranched alkanes of at least 4 members (excludes halogenated alkanes) is 5. The number of nitrogens with two attached hydrogens (primary N) is 1. The summed E-state index contributed by atoms with van der Waals surface area (Å²) in [5.74, 6) is -0.296. The summed E-state index contributed by atoms with van der Waals surface area (Å²) < 4.78 is 5.47. The third-order valence-electron chi connectivity index (χ3n) is 2.77. The van der Waals surface area contributed by atoms with Crippen LogP contribution in [0.2, 0.25) is 0 Å². The summed E-state index contributed by atoms with van der Waals surface area (Å²) in [6.45, 7) is 7.02. The molecule has 0 spiro atoms. The van der Waals surface area contributed by atoms with Crippen LogP contribution in [0.15, 0.2) is 0 Å². The molecule has 0 heterocycles. The SMILES string of the molecule is CCCCCCCCOCC(C)(C)C(N)=O. The molecule has 0 saturated heterocycles. The van der Waals surface area contributed by atoms with Crippen LogP contribution in [0.1, 0.15) is 59.3 Å². The molecule has 96 valence electrons. The zero-order chi connectivity index (χ0) is 12.4. The number of ether oxygens (including phenoxy) is 1. The van der Waals surface area contributed by atoms with Gasteiger partial charge < -0.3 is 10.5 Å². The van der Waals surface area contributed by atoms with Gasteiger partial charge in [-0.1, -0.05) is 39.0 Å². The molecule has 16 heavy (non-hydrogen) atoms. The first kappa shape index (κ1) is 15.4. The number of rotatable bonds is 10. The van der Waals surface area contributed by atoms with E-state index in [1.165, 1.54) is 32.1 Å². The minimum atomic E-state index is -0.539. The molecular weight excluding hydrogens is 202 g/mol. The lowest BCUT2D eigenvalue weighted by atomic mass is 9.94. The van der Waals surface area contributed by atoms with Crippen molar-refractivity contribution in [2.75, 3.05) is 13.2 Å². The molecule has 0 unspecified atom stereocenters. The van der Waals surface area contributed by atoms with Gasteiger partial charge >= 0.3 is 0 Å². The summed E-state index contributed by atoms with van der Waals surface area (Å²) in [5, 5.41) is 0.